The molecule has 1 aromatic heterocycles. The van der Waals surface area contributed by atoms with E-state index in [0.717, 1.165) is 37.3 Å². The Hall–Kier alpha value is -2.07. The lowest BCUT2D eigenvalue weighted by molar-refractivity contribution is 0.319. The molecule has 104 valence electrons. The Labute approximate surface area is 119 Å². The number of aromatic nitrogens is 1. The molecule has 0 aliphatic carbocycles. The van der Waals surface area contributed by atoms with Gasteiger partial charge in [0.25, 0.3) is 0 Å². The molecule has 0 atom stereocenters. The maximum atomic E-state index is 5.37. The Morgan fingerprint density at radius 1 is 1.45 bits per heavy atom. The summed E-state index contributed by atoms with van der Waals surface area (Å²) in [5.74, 6) is 0. The summed E-state index contributed by atoms with van der Waals surface area (Å²) in [7, 11) is 0. The zero-order valence-corrected chi connectivity index (χ0v) is 11.8. The number of aliphatic imine (C=N–C) groups is 1. The first-order chi connectivity index (χ1) is 9.81. The van der Waals surface area contributed by atoms with E-state index in [1.807, 2.05) is 6.07 Å². The van der Waals surface area contributed by atoms with Gasteiger partial charge in [0.2, 0.25) is 0 Å². The first-order valence-electron chi connectivity index (χ1n) is 7.09. The molecule has 2 heterocycles. The normalized spacial score (nSPS) is 16.9. The van der Waals surface area contributed by atoms with Crippen molar-refractivity contribution in [2.45, 2.75) is 13.3 Å². The van der Waals surface area contributed by atoms with Crippen molar-refractivity contribution in [3.05, 3.63) is 36.0 Å². The van der Waals surface area contributed by atoms with Gasteiger partial charge in [-0.05, 0) is 36.7 Å². The fourth-order valence-electron chi connectivity index (χ4n) is 2.78. The van der Waals surface area contributed by atoms with Crippen LogP contribution in [0.4, 0.5) is 5.69 Å². The summed E-state index contributed by atoms with van der Waals surface area (Å²) in [4.78, 5) is 9.95. The molecule has 0 spiro atoms. The number of H-pyrrole nitrogens is 1. The number of rotatable bonds is 3. The minimum atomic E-state index is 0.896. The second-order valence-corrected chi connectivity index (χ2v) is 5.08. The summed E-state index contributed by atoms with van der Waals surface area (Å²) >= 11 is 0. The van der Waals surface area contributed by atoms with Gasteiger partial charge >= 0.3 is 0 Å². The fraction of sp³-hybridized carbons (Fsp3) is 0.312. The van der Waals surface area contributed by atoms with E-state index < -0.39 is 0 Å². The number of benzene rings is 1. The molecule has 0 bridgehead atoms. The van der Waals surface area contributed by atoms with Crippen LogP contribution in [-0.2, 0) is 0 Å². The Kier molecular flexibility index (Phi) is 3.56. The predicted molar refractivity (Wildman–Crippen MR) is 85.3 cm³/mol. The lowest BCUT2D eigenvalue weighted by Crippen LogP contribution is -2.27. The van der Waals surface area contributed by atoms with Crippen LogP contribution in [0.2, 0.25) is 0 Å². The molecule has 0 amide bonds. The molecule has 2 aromatic rings. The zero-order valence-electron chi connectivity index (χ0n) is 11.8. The van der Waals surface area contributed by atoms with Gasteiger partial charge in [-0.1, -0.05) is 13.0 Å². The first-order valence-corrected chi connectivity index (χ1v) is 7.09. The van der Waals surface area contributed by atoms with Gasteiger partial charge in [0, 0.05) is 35.8 Å². The topological polar surface area (TPSA) is 57.4 Å². The van der Waals surface area contributed by atoms with Crippen LogP contribution in [0.3, 0.4) is 0 Å². The van der Waals surface area contributed by atoms with Gasteiger partial charge in [-0.15, -0.1) is 0 Å². The number of nitrogens with two attached hydrogens (primary N) is 1. The Morgan fingerprint density at radius 3 is 3.05 bits per heavy atom. The number of nitrogens with zero attached hydrogens (tertiary/aromatic N) is 2. The van der Waals surface area contributed by atoms with E-state index in [9.17, 15) is 0 Å². The molecule has 20 heavy (non-hydrogen) atoms. The van der Waals surface area contributed by atoms with Crippen LogP contribution in [0.5, 0.6) is 0 Å². The molecule has 0 saturated carbocycles. The van der Waals surface area contributed by atoms with Gasteiger partial charge in [0.05, 0.1) is 12.0 Å². The largest absolute Gasteiger partial charge is 0.390 e. The molecule has 1 aromatic carbocycles. The van der Waals surface area contributed by atoms with Gasteiger partial charge in [0.1, 0.15) is 0 Å². The van der Waals surface area contributed by atoms with Crippen molar-refractivity contribution in [3.63, 3.8) is 0 Å². The van der Waals surface area contributed by atoms with E-state index in [2.05, 4.69) is 46.2 Å². The molecule has 1 aliphatic heterocycles. The molecule has 4 heteroatoms. The van der Waals surface area contributed by atoms with E-state index >= 15 is 0 Å². The minimum absolute atomic E-state index is 0.896. The monoisotopic (exact) mass is 268 g/mol. The molecule has 1 aliphatic rings. The van der Waals surface area contributed by atoms with Crippen molar-refractivity contribution in [2.75, 3.05) is 19.6 Å². The molecule has 4 nitrogen and oxygen atoms in total. The first kappa shape index (κ1) is 12.9. The van der Waals surface area contributed by atoms with Crippen LogP contribution < -0.4 is 5.73 Å². The molecule has 0 unspecified atom stereocenters. The van der Waals surface area contributed by atoms with Crippen molar-refractivity contribution >= 4 is 28.5 Å². The van der Waals surface area contributed by atoms with Gasteiger partial charge in [-0.2, -0.15) is 0 Å². The standard InChI is InChI=1S/C16H20N4/c1-2-20-7-5-12(6-8-20)15-10-18-16-4-3-13(19-11-17)9-14(15)16/h3-5,9-11,18H,2,6-8H2,1H3,(H2,17,19). The van der Waals surface area contributed by atoms with Gasteiger partial charge in [-0.3, -0.25) is 4.90 Å². The Bertz CT molecular complexity index is 666. The van der Waals surface area contributed by atoms with Crippen LogP contribution in [-0.4, -0.2) is 35.9 Å². The molecule has 3 rings (SSSR count). The van der Waals surface area contributed by atoms with Crippen LogP contribution in [0.25, 0.3) is 16.5 Å². The highest BCUT2D eigenvalue weighted by molar-refractivity contribution is 5.94. The highest BCUT2D eigenvalue weighted by atomic mass is 15.1. The third-order valence-corrected chi connectivity index (χ3v) is 3.98. The zero-order chi connectivity index (χ0) is 13.9. The van der Waals surface area contributed by atoms with E-state index in [4.69, 9.17) is 5.73 Å². The highest BCUT2D eigenvalue weighted by Gasteiger charge is 2.14. The molecule has 3 N–H and O–H groups in total. The maximum Gasteiger partial charge on any atom is 0.0860 e. The Morgan fingerprint density at radius 2 is 2.35 bits per heavy atom. The van der Waals surface area contributed by atoms with Crippen molar-refractivity contribution in [1.82, 2.24) is 9.88 Å². The third kappa shape index (κ3) is 2.34. The van der Waals surface area contributed by atoms with Crippen LogP contribution in [0, 0.1) is 0 Å². The van der Waals surface area contributed by atoms with Gasteiger partial charge < -0.3 is 10.7 Å². The third-order valence-electron chi connectivity index (χ3n) is 3.98. The molecule has 0 fully saturated rings. The van der Waals surface area contributed by atoms with Crippen molar-refractivity contribution < 1.29 is 0 Å². The van der Waals surface area contributed by atoms with E-state index in [0.29, 0.717) is 0 Å². The summed E-state index contributed by atoms with van der Waals surface area (Å²) in [6.07, 6.45) is 6.89. The van der Waals surface area contributed by atoms with Gasteiger partial charge in [0.15, 0.2) is 0 Å². The molecule has 0 saturated heterocycles. The maximum absolute atomic E-state index is 5.37. The number of fused-ring (bicyclic) bond motifs is 1. The second kappa shape index (κ2) is 5.51. The minimum Gasteiger partial charge on any atom is -0.390 e. The molecule has 0 radical (unpaired) electrons. The summed E-state index contributed by atoms with van der Waals surface area (Å²) in [6, 6.07) is 6.13. The van der Waals surface area contributed by atoms with Crippen LogP contribution in [0.1, 0.15) is 18.9 Å². The highest BCUT2D eigenvalue weighted by Crippen LogP contribution is 2.31. The van der Waals surface area contributed by atoms with Gasteiger partial charge in [-0.25, -0.2) is 4.99 Å². The van der Waals surface area contributed by atoms with Crippen molar-refractivity contribution in [3.8, 4) is 0 Å². The smallest absolute Gasteiger partial charge is 0.0860 e. The van der Waals surface area contributed by atoms with E-state index in [-0.39, 0.29) is 0 Å². The lowest BCUT2D eigenvalue weighted by atomic mass is 9.99. The van der Waals surface area contributed by atoms with Crippen molar-refractivity contribution in [1.29, 1.82) is 0 Å². The quantitative estimate of drug-likeness (QED) is 0.664. The molecular weight excluding hydrogens is 248 g/mol. The summed E-state index contributed by atoms with van der Waals surface area (Å²) in [5.41, 5.74) is 10.1. The number of hydrogen-bond donors (Lipinski definition) is 2. The summed E-state index contributed by atoms with van der Waals surface area (Å²) in [6.45, 7) is 5.50. The summed E-state index contributed by atoms with van der Waals surface area (Å²) in [5, 5.41) is 1.23. The Balaban J connectivity index is 1.99. The average molecular weight is 268 g/mol. The second-order valence-electron chi connectivity index (χ2n) is 5.08. The molecular formula is C16H20N4. The lowest BCUT2D eigenvalue weighted by Gasteiger charge is -2.24. The SMILES string of the molecule is CCN1CC=C(c2c[nH]c3ccc(N=CN)cc23)CC1. The number of hydrogen-bond acceptors (Lipinski definition) is 2. The number of nitrogens with one attached hydrogen (secondary N) is 1. The fourth-order valence-corrected chi connectivity index (χ4v) is 2.78. The number of aromatic amines is 1. The van der Waals surface area contributed by atoms with E-state index in [1.54, 1.807) is 0 Å². The predicted octanol–water partition coefficient (Wildman–Crippen LogP) is 2.90. The van der Waals surface area contributed by atoms with E-state index in [1.165, 1.54) is 22.9 Å². The number of likely N-dealkylation sites (N-methyl/N-ethyl adjacent to an activating group) is 1. The van der Waals surface area contributed by atoms with Crippen LogP contribution in [0.15, 0.2) is 35.5 Å². The average Bonchev–Trinajstić information content (AvgIpc) is 2.91. The summed E-state index contributed by atoms with van der Waals surface area (Å²) < 4.78 is 0. The van der Waals surface area contributed by atoms with Crippen molar-refractivity contribution in [2.24, 2.45) is 10.7 Å². The van der Waals surface area contributed by atoms with Crippen LogP contribution >= 0.6 is 0 Å².